The second-order valence-corrected chi connectivity index (χ2v) is 6.16. The molecule has 1 fully saturated rings. The summed E-state index contributed by atoms with van der Waals surface area (Å²) in [5.41, 5.74) is 0.0655. The quantitative estimate of drug-likeness (QED) is 0.749. The van der Waals surface area contributed by atoms with E-state index < -0.39 is 5.41 Å². The molecule has 0 heterocycles. The molecule has 23 heavy (non-hydrogen) atoms. The Balaban J connectivity index is 1.96. The van der Waals surface area contributed by atoms with E-state index in [2.05, 4.69) is 12.2 Å². The highest BCUT2D eigenvalue weighted by molar-refractivity contribution is 6.07. The van der Waals surface area contributed by atoms with Gasteiger partial charge in [0.2, 0.25) is 11.8 Å². The molecule has 2 rings (SSSR count). The number of ether oxygens (including phenoxy) is 1. The molecule has 0 radical (unpaired) electrons. The molecule has 126 valence electrons. The average molecular weight is 318 g/mol. The number of methoxy groups -OCH3 is 1. The van der Waals surface area contributed by atoms with Crippen molar-refractivity contribution in [3.63, 3.8) is 0 Å². The summed E-state index contributed by atoms with van der Waals surface area (Å²) < 4.78 is 5.28. The molecule has 1 N–H and O–H groups in total. The molecular formula is C18H26N2O3. The van der Waals surface area contributed by atoms with Gasteiger partial charge in [-0.2, -0.15) is 0 Å². The van der Waals surface area contributed by atoms with Crippen molar-refractivity contribution in [2.45, 2.75) is 39.2 Å². The molecule has 0 aliphatic heterocycles. The van der Waals surface area contributed by atoms with Crippen LogP contribution in [0.5, 0.6) is 5.75 Å². The van der Waals surface area contributed by atoms with Gasteiger partial charge < -0.3 is 15.0 Å². The minimum absolute atomic E-state index is 0.0523. The van der Waals surface area contributed by atoms with Crippen LogP contribution in [0.2, 0.25) is 0 Å². The minimum Gasteiger partial charge on any atom is -0.496 e. The molecule has 1 aliphatic carbocycles. The Labute approximate surface area is 138 Å². The van der Waals surface area contributed by atoms with E-state index in [1.807, 2.05) is 24.3 Å². The van der Waals surface area contributed by atoms with Gasteiger partial charge in [-0.25, -0.2) is 0 Å². The highest BCUT2D eigenvalue weighted by atomic mass is 16.5. The van der Waals surface area contributed by atoms with E-state index in [0.717, 1.165) is 24.2 Å². The number of benzene rings is 1. The lowest BCUT2D eigenvalue weighted by Gasteiger charge is -2.23. The van der Waals surface area contributed by atoms with Crippen LogP contribution in [-0.2, 0) is 16.1 Å². The van der Waals surface area contributed by atoms with Gasteiger partial charge in [0.1, 0.15) is 11.2 Å². The van der Waals surface area contributed by atoms with Crippen molar-refractivity contribution in [3.8, 4) is 5.75 Å². The standard InChI is InChI=1S/C18H26N2O3/c1-4-5-12-20(2)17(22)18(10-11-18)16(21)19-13-14-8-6-7-9-15(14)23-3/h6-9H,4-5,10-13H2,1-3H3,(H,19,21). The van der Waals surface area contributed by atoms with Gasteiger partial charge in [-0.05, 0) is 25.3 Å². The Hall–Kier alpha value is -2.04. The maximum absolute atomic E-state index is 12.5. The first kappa shape index (κ1) is 17.3. The fourth-order valence-corrected chi connectivity index (χ4v) is 2.72. The zero-order chi connectivity index (χ0) is 16.9. The largest absolute Gasteiger partial charge is 0.496 e. The van der Waals surface area contributed by atoms with Crippen LogP contribution in [0, 0.1) is 5.41 Å². The van der Waals surface area contributed by atoms with E-state index in [0.29, 0.717) is 25.9 Å². The van der Waals surface area contributed by atoms with Crippen LogP contribution in [0.3, 0.4) is 0 Å². The summed E-state index contributed by atoms with van der Waals surface area (Å²) in [5, 5.41) is 2.90. The number of rotatable bonds is 8. The zero-order valence-corrected chi connectivity index (χ0v) is 14.2. The second kappa shape index (κ2) is 7.49. The van der Waals surface area contributed by atoms with Crippen LogP contribution >= 0.6 is 0 Å². The fourth-order valence-electron chi connectivity index (χ4n) is 2.72. The summed E-state index contributed by atoms with van der Waals surface area (Å²) in [6, 6.07) is 7.56. The summed E-state index contributed by atoms with van der Waals surface area (Å²) in [4.78, 5) is 26.8. The first-order valence-electron chi connectivity index (χ1n) is 8.21. The Morgan fingerprint density at radius 2 is 2.00 bits per heavy atom. The number of unbranched alkanes of at least 4 members (excludes halogenated alkanes) is 1. The number of carbonyl (C=O) groups excluding carboxylic acids is 2. The first-order chi connectivity index (χ1) is 11.0. The van der Waals surface area contributed by atoms with Crippen LogP contribution in [0.4, 0.5) is 0 Å². The van der Waals surface area contributed by atoms with Crippen molar-refractivity contribution in [3.05, 3.63) is 29.8 Å². The third-order valence-electron chi connectivity index (χ3n) is 4.42. The number of hydrogen-bond acceptors (Lipinski definition) is 3. The Kier molecular flexibility index (Phi) is 5.64. The lowest BCUT2D eigenvalue weighted by atomic mass is 10.0. The van der Waals surface area contributed by atoms with Gasteiger partial charge in [-0.3, -0.25) is 9.59 Å². The molecule has 0 aromatic heterocycles. The normalized spacial score (nSPS) is 14.9. The number of amides is 2. The molecule has 1 saturated carbocycles. The molecule has 0 unspecified atom stereocenters. The molecule has 1 aromatic carbocycles. The summed E-state index contributed by atoms with van der Waals surface area (Å²) >= 11 is 0. The van der Waals surface area contributed by atoms with Crippen LogP contribution in [0.1, 0.15) is 38.2 Å². The third kappa shape index (κ3) is 3.84. The SMILES string of the molecule is CCCCN(C)C(=O)C1(C(=O)NCc2ccccc2OC)CC1. The monoisotopic (exact) mass is 318 g/mol. The molecule has 1 aromatic rings. The van der Waals surface area contributed by atoms with Crippen LogP contribution < -0.4 is 10.1 Å². The maximum Gasteiger partial charge on any atom is 0.238 e. The number of hydrogen-bond donors (Lipinski definition) is 1. The van der Waals surface area contributed by atoms with Gasteiger partial charge >= 0.3 is 0 Å². The first-order valence-corrected chi connectivity index (χ1v) is 8.21. The number of nitrogens with zero attached hydrogens (tertiary/aromatic N) is 1. The van der Waals surface area contributed by atoms with E-state index >= 15 is 0 Å². The van der Waals surface area contributed by atoms with Gasteiger partial charge in [0.15, 0.2) is 0 Å². The Morgan fingerprint density at radius 1 is 1.30 bits per heavy atom. The van der Waals surface area contributed by atoms with E-state index in [9.17, 15) is 9.59 Å². The van der Waals surface area contributed by atoms with Crippen LogP contribution in [0.15, 0.2) is 24.3 Å². The van der Waals surface area contributed by atoms with Gasteiger partial charge in [0.25, 0.3) is 0 Å². The zero-order valence-electron chi connectivity index (χ0n) is 14.2. The topological polar surface area (TPSA) is 58.6 Å². The maximum atomic E-state index is 12.5. The molecule has 0 bridgehead atoms. The number of carbonyl (C=O) groups is 2. The molecule has 0 atom stereocenters. The van der Waals surface area contributed by atoms with E-state index in [1.54, 1.807) is 19.1 Å². The van der Waals surface area contributed by atoms with Crippen molar-refractivity contribution >= 4 is 11.8 Å². The summed E-state index contributed by atoms with van der Waals surface area (Å²) in [6.07, 6.45) is 3.27. The smallest absolute Gasteiger partial charge is 0.238 e. The highest BCUT2D eigenvalue weighted by Gasteiger charge is 2.57. The Morgan fingerprint density at radius 3 is 2.61 bits per heavy atom. The summed E-state index contributed by atoms with van der Waals surface area (Å²) in [6.45, 7) is 3.17. The molecule has 0 spiro atoms. The van der Waals surface area contributed by atoms with Crippen LogP contribution in [0.25, 0.3) is 0 Å². The third-order valence-corrected chi connectivity index (χ3v) is 4.42. The average Bonchev–Trinajstić information content (AvgIpc) is 3.38. The molecule has 5 heteroatoms. The molecule has 5 nitrogen and oxygen atoms in total. The second-order valence-electron chi connectivity index (χ2n) is 6.16. The molecule has 0 saturated heterocycles. The van der Waals surface area contributed by atoms with Gasteiger partial charge in [0.05, 0.1) is 7.11 Å². The number of para-hydroxylation sites is 1. The predicted molar refractivity (Wildman–Crippen MR) is 89.1 cm³/mol. The van der Waals surface area contributed by atoms with E-state index in [-0.39, 0.29) is 11.8 Å². The Bertz CT molecular complexity index is 567. The summed E-state index contributed by atoms with van der Waals surface area (Å²) in [7, 11) is 3.39. The molecular weight excluding hydrogens is 292 g/mol. The van der Waals surface area contributed by atoms with Crippen molar-refractivity contribution in [2.75, 3.05) is 20.7 Å². The van der Waals surface area contributed by atoms with Crippen molar-refractivity contribution in [1.29, 1.82) is 0 Å². The molecule has 2 amide bonds. The highest BCUT2D eigenvalue weighted by Crippen LogP contribution is 2.47. The van der Waals surface area contributed by atoms with Gasteiger partial charge in [-0.15, -0.1) is 0 Å². The predicted octanol–water partition coefficient (Wildman–Crippen LogP) is 2.35. The lowest BCUT2D eigenvalue weighted by Crippen LogP contribution is -2.44. The van der Waals surface area contributed by atoms with Gasteiger partial charge in [-0.1, -0.05) is 31.5 Å². The van der Waals surface area contributed by atoms with Crippen molar-refractivity contribution < 1.29 is 14.3 Å². The number of nitrogens with one attached hydrogen (secondary N) is 1. The van der Waals surface area contributed by atoms with E-state index in [1.165, 1.54) is 0 Å². The molecule has 1 aliphatic rings. The van der Waals surface area contributed by atoms with Crippen molar-refractivity contribution in [1.82, 2.24) is 10.2 Å². The van der Waals surface area contributed by atoms with E-state index in [4.69, 9.17) is 4.74 Å². The fraction of sp³-hybridized carbons (Fsp3) is 0.556. The van der Waals surface area contributed by atoms with Crippen LogP contribution in [-0.4, -0.2) is 37.4 Å². The summed E-state index contributed by atoms with van der Waals surface area (Å²) in [5.74, 6) is 0.518. The minimum atomic E-state index is -0.843. The lowest BCUT2D eigenvalue weighted by molar-refractivity contribution is -0.143. The van der Waals surface area contributed by atoms with Gasteiger partial charge in [0, 0.05) is 25.7 Å². The van der Waals surface area contributed by atoms with Crippen molar-refractivity contribution in [2.24, 2.45) is 5.41 Å².